The summed E-state index contributed by atoms with van der Waals surface area (Å²) in [5.74, 6) is -1.31. The van der Waals surface area contributed by atoms with Crippen molar-refractivity contribution in [1.82, 2.24) is 14.7 Å². The lowest BCUT2D eigenvalue weighted by Crippen LogP contribution is -2.48. The Morgan fingerprint density at radius 1 is 1.26 bits per heavy atom. The van der Waals surface area contributed by atoms with Crippen LogP contribution >= 0.6 is 0 Å². The Hall–Kier alpha value is -2.84. The number of alkyl halides is 3. The molecule has 0 aliphatic carbocycles. The summed E-state index contributed by atoms with van der Waals surface area (Å²) in [7, 11) is 0. The highest BCUT2D eigenvalue weighted by atomic mass is 19.4. The third-order valence-electron chi connectivity index (χ3n) is 4.74. The molecule has 6 nitrogen and oxygen atoms in total. The van der Waals surface area contributed by atoms with Gasteiger partial charge in [-0.15, -0.1) is 0 Å². The number of carboxylic acid groups (broad SMARTS) is 1. The molecular weight excluding hydrogens is 363 g/mol. The number of hydrogen-bond donors (Lipinski definition) is 1. The van der Waals surface area contributed by atoms with Gasteiger partial charge in [0.15, 0.2) is 5.69 Å². The second kappa shape index (κ2) is 6.71. The monoisotopic (exact) mass is 381 g/mol. The zero-order chi connectivity index (χ0) is 19.8. The molecule has 3 rings (SSSR count). The quantitative estimate of drug-likeness (QED) is 0.886. The summed E-state index contributed by atoms with van der Waals surface area (Å²) in [4.78, 5) is 25.7. The summed E-state index contributed by atoms with van der Waals surface area (Å²) in [5, 5.41) is 12.9. The van der Waals surface area contributed by atoms with Crippen molar-refractivity contribution in [2.45, 2.75) is 25.9 Å². The minimum Gasteiger partial charge on any atom is -0.481 e. The van der Waals surface area contributed by atoms with Crippen LogP contribution in [-0.2, 0) is 11.0 Å². The number of aliphatic carboxylic acids is 1. The average molecular weight is 381 g/mol. The van der Waals surface area contributed by atoms with Gasteiger partial charge in [0.25, 0.3) is 5.91 Å². The number of hydrogen-bond acceptors (Lipinski definition) is 3. The van der Waals surface area contributed by atoms with Crippen molar-refractivity contribution in [3.05, 3.63) is 47.8 Å². The van der Waals surface area contributed by atoms with Gasteiger partial charge < -0.3 is 10.0 Å². The van der Waals surface area contributed by atoms with Crippen LogP contribution in [0, 0.1) is 5.41 Å². The van der Waals surface area contributed by atoms with E-state index >= 15 is 0 Å². The van der Waals surface area contributed by atoms with Gasteiger partial charge in [0.2, 0.25) is 0 Å². The van der Waals surface area contributed by atoms with E-state index in [1.54, 1.807) is 25.1 Å². The summed E-state index contributed by atoms with van der Waals surface area (Å²) in [5.41, 5.74) is -1.44. The van der Waals surface area contributed by atoms with E-state index in [0.29, 0.717) is 25.1 Å². The third kappa shape index (κ3) is 3.81. The molecule has 1 aromatic carbocycles. The van der Waals surface area contributed by atoms with E-state index in [1.165, 1.54) is 17.2 Å². The largest absolute Gasteiger partial charge is 0.481 e. The van der Waals surface area contributed by atoms with Gasteiger partial charge in [-0.25, -0.2) is 4.68 Å². The predicted octanol–water partition coefficient (Wildman–Crippen LogP) is 3.22. The SMILES string of the molecule is CC1(C(=O)O)CCCN(C(=O)c2cccc(-n3ccc(C(F)(F)F)n3)c2)C1. The number of carbonyl (C=O) groups excluding carboxylic acids is 1. The van der Waals surface area contributed by atoms with Gasteiger partial charge in [0, 0.05) is 24.8 Å². The maximum atomic E-state index is 12.8. The van der Waals surface area contributed by atoms with Crippen LogP contribution in [0.15, 0.2) is 36.5 Å². The van der Waals surface area contributed by atoms with Crippen LogP contribution < -0.4 is 0 Å². The molecule has 1 amide bonds. The molecular formula is C18H18F3N3O3. The van der Waals surface area contributed by atoms with E-state index in [1.807, 2.05) is 0 Å². The summed E-state index contributed by atoms with van der Waals surface area (Å²) in [6.07, 6.45) is -2.31. The Morgan fingerprint density at radius 3 is 2.63 bits per heavy atom. The lowest BCUT2D eigenvalue weighted by atomic mass is 9.82. The van der Waals surface area contributed by atoms with Crippen molar-refractivity contribution in [1.29, 1.82) is 0 Å². The molecule has 0 spiro atoms. The van der Waals surface area contributed by atoms with Gasteiger partial charge >= 0.3 is 12.1 Å². The summed E-state index contributed by atoms with van der Waals surface area (Å²) >= 11 is 0. The first-order chi connectivity index (χ1) is 12.6. The fourth-order valence-corrected chi connectivity index (χ4v) is 3.17. The molecule has 27 heavy (non-hydrogen) atoms. The molecule has 1 aliphatic rings. The minimum atomic E-state index is -4.55. The molecule has 2 aromatic rings. The van der Waals surface area contributed by atoms with E-state index < -0.39 is 23.3 Å². The molecule has 1 aromatic heterocycles. The highest BCUT2D eigenvalue weighted by Crippen LogP contribution is 2.31. The lowest BCUT2D eigenvalue weighted by molar-refractivity contribution is -0.150. The number of nitrogens with zero attached hydrogens (tertiary/aromatic N) is 3. The molecule has 144 valence electrons. The van der Waals surface area contributed by atoms with Gasteiger partial charge in [0.05, 0.1) is 11.1 Å². The molecule has 1 aliphatic heterocycles. The molecule has 1 atom stereocenters. The number of likely N-dealkylation sites (tertiary alicyclic amines) is 1. The zero-order valence-corrected chi connectivity index (χ0v) is 14.5. The molecule has 1 unspecified atom stereocenters. The Labute approximate surface area is 153 Å². The van der Waals surface area contributed by atoms with Crippen LogP contribution in [-0.4, -0.2) is 44.8 Å². The number of halogens is 3. The molecule has 0 bridgehead atoms. The molecule has 1 fully saturated rings. The second-order valence-corrected chi connectivity index (χ2v) is 6.89. The van der Waals surface area contributed by atoms with Crippen LogP contribution in [0.1, 0.15) is 35.8 Å². The van der Waals surface area contributed by atoms with E-state index in [9.17, 15) is 27.9 Å². The maximum Gasteiger partial charge on any atom is 0.435 e. The number of amides is 1. The van der Waals surface area contributed by atoms with Crippen molar-refractivity contribution in [2.75, 3.05) is 13.1 Å². The molecule has 2 heterocycles. The highest BCUT2D eigenvalue weighted by molar-refractivity contribution is 5.95. The first-order valence-electron chi connectivity index (χ1n) is 8.36. The smallest absolute Gasteiger partial charge is 0.435 e. The Morgan fingerprint density at radius 2 is 2.00 bits per heavy atom. The van der Waals surface area contributed by atoms with E-state index in [4.69, 9.17) is 0 Å². The van der Waals surface area contributed by atoms with Crippen LogP contribution in [0.3, 0.4) is 0 Å². The summed E-state index contributed by atoms with van der Waals surface area (Å²) in [6, 6.07) is 6.95. The average Bonchev–Trinajstić information content (AvgIpc) is 3.12. The van der Waals surface area contributed by atoms with Crippen LogP contribution in [0.5, 0.6) is 0 Å². The number of rotatable bonds is 3. The zero-order valence-electron chi connectivity index (χ0n) is 14.5. The van der Waals surface area contributed by atoms with Crippen LogP contribution in [0.4, 0.5) is 13.2 Å². The summed E-state index contributed by atoms with van der Waals surface area (Å²) < 4.78 is 39.2. The number of piperidine rings is 1. The number of carboxylic acids is 1. The lowest BCUT2D eigenvalue weighted by Gasteiger charge is -2.37. The normalized spacial score (nSPS) is 20.5. The highest BCUT2D eigenvalue weighted by Gasteiger charge is 2.39. The minimum absolute atomic E-state index is 0.0887. The van der Waals surface area contributed by atoms with Gasteiger partial charge in [-0.3, -0.25) is 9.59 Å². The summed E-state index contributed by atoms with van der Waals surface area (Å²) in [6.45, 7) is 2.13. The first-order valence-corrected chi connectivity index (χ1v) is 8.36. The Kier molecular flexibility index (Phi) is 4.71. The van der Waals surface area contributed by atoms with Crippen LogP contribution in [0.25, 0.3) is 5.69 Å². The third-order valence-corrected chi connectivity index (χ3v) is 4.74. The van der Waals surface area contributed by atoms with Crippen molar-refractivity contribution in [3.8, 4) is 5.69 Å². The predicted molar refractivity (Wildman–Crippen MR) is 89.4 cm³/mol. The standard InChI is InChI=1S/C18H18F3N3O3/c1-17(16(26)27)7-3-8-23(11-17)15(25)12-4-2-5-13(10-12)24-9-6-14(22-24)18(19,20)21/h2,4-6,9-10H,3,7-8,11H2,1H3,(H,26,27). The second-order valence-electron chi connectivity index (χ2n) is 6.89. The molecule has 0 saturated carbocycles. The first kappa shape index (κ1) is 18.9. The Bertz CT molecular complexity index is 878. The number of benzene rings is 1. The van der Waals surface area contributed by atoms with Crippen molar-refractivity contribution in [3.63, 3.8) is 0 Å². The van der Waals surface area contributed by atoms with Gasteiger partial charge in [-0.1, -0.05) is 6.07 Å². The van der Waals surface area contributed by atoms with Gasteiger partial charge in [-0.05, 0) is 44.0 Å². The van der Waals surface area contributed by atoms with E-state index in [2.05, 4.69) is 5.10 Å². The maximum absolute atomic E-state index is 12.8. The molecule has 9 heteroatoms. The van der Waals surface area contributed by atoms with Crippen molar-refractivity contribution < 1.29 is 27.9 Å². The Balaban J connectivity index is 1.84. The topological polar surface area (TPSA) is 75.4 Å². The van der Waals surface area contributed by atoms with Gasteiger partial charge in [0.1, 0.15) is 0 Å². The number of carbonyl (C=O) groups is 2. The van der Waals surface area contributed by atoms with E-state index in [-0.39, 0.29) is 18.0 Å². The molecule has 1 saturated heterocycles. The van der Waals surface area contributed by atoms with E-state index in [0.717, 1.165) is 10.7 Å². The molecule has 1 N–H and O–H groups in total. The molecule has 0 radical (unpaired) electrons. The van der Waals surface area contributed by atoms with Crippen molar-refractivity contribution >= 4 is 11.9 Å². The van der Waals surface area contributed by atoms with Gasteiger partial charge in [-0.2, -0.15) is 18.3 Å². The fraction of sp³-hybridized carbons (Fsp3) is 0.389. The number of aromatic nitrogens is 2. The fourth-order valence-electron chi connectivity index (χ4n) is 3.17. The van der Waals surface area contributed by atoms with Crippen molar-refractivity contribution in [2.24, 2.45) is 5.41 Å². The van der Waals surface area contributed by atoms with Crippen LogP contribution in [0.2, 0.25) is 0 Å².